The molecule has 0 aromatic heterocycles. The Morgan fingerprint density at radius 1 is 0.885 bits per heavy atom. The number of hydrogen-bond acceptors (Lipinski definition) is 0. The summed E-state index contributed by atoms with van der Waals surface area (Å²) in [5.74, 6) is 0. The molecule has 1 unspecified atom stereocenters. The molecule has 132 valence electrons. The van der Waals surface area contributed by atoms with Crippen LogP contribution in [-0.2, 0) is 5.41 Å². The van der Waals surface area contributed by atoms with Crippen LogP contribution in [0.15, 0.2) is 90.1 Å². The quantitative estimate of drug-likeness (QED) is 0.518. The normalized spacial score (nSPS) is 20.4. The fourth-order valence-corrected chi connectivity index (χ4v) is 4.38. The number of rotatable bonds is 4. The van der Waals surface area contributed by atoms with Crippen LogP contribution < -0.4 is 0 Å². The lowest BCUT2D eigenvalue weighted by Crippen LogP contribution is -2.30. The van der Waals surface area contributed by atoms with Crippen LogP contribution in [0.25, 0.3) is 5.57 Å². The molecule has 0 saturated carbocycles. The van der Waals surface area contributed by atoms with Gasteiger partial charge >= 0.3 is 0 Å². The van der Waals surface area contributed by atoms with Crippen molar-refractivity contribution in [2.45, 2.75) is 40.0 Å². The smallest absolute Gasteiger partial charge is 0.0706 e. The van der Waals surface area contributed by atoms with Gasteiger partial charge < -0.3 is 0 Å². The van der Waals surface area contributed by atoms with E-state index >= 15 is 0 Å². The maximum Gasteiger partial charge on any atom is 0.0706 e. The average Bonchev–Trinajstić information content (AvgIpc) is 2.90. The molecule has 0 heteroatoms. The fourth-order valence-electron chi connectivity index (χ4n) is 4.38. The van der Waals surface area contributed by atoms with E-state index in [2.05, 4.69) is 114 Å². The van der Waals surface area contributed by atoms with Gasteiger partial charge in [-0.2, -0.15) is 0 Å². The van der Waals surface area contributed by atoms with Crippen molar-refractivity contribution in [1.29, 1.82) is 0 Å². The third-order valence-electron chi connectivity index (χ3n) is 5.42. The van der Waals surface area contributed by atoms with E-state index in [4.69, 9.17) is 0 Å². The lowest BCUT2D eigenvalue weighted by atomic mass is 9.66. The summed E-state index contributed by atoms with van der Waals surface area (Å²) >= 11 is 0. The Bertz CT molecular complexity index is 920. The first-order valence-electron chi connectivity index (χ1n) is 9.41. The van der Waals surface area contributed by atoms with Gasteiger partial charge in [0, 0.05) is 0 Å². The molecule has 0 radical (unpaired) electrons. The molecule has 0 fully saturated rings. The Balaban J connectivity index is 2.52. The summed E-state index contributed by atoms with van der Waals surface area (Å²) in [6.45, 7) is 10.8. The summed E-state index contributed by atoms with van der Waals surface area (Å²) < 4.78 is 0. The average molecular weight is 341 g/mol. The van der Waals surface area contributed by atoms with Gasteiger partial charge in [0.1, 0.15) is 0 Å². The van der Waals surface area contributed by atoms with Crippen molar-refractivity contribution in [3.05, 3.63) is 112 Å². The Morgan fingerprint density at radius 2 is 1.62 bits per heavy atom. The molecular formula is C26H28. The predicted octanol–water partition coefficient (Wildman–Crippen LogP) is 7.17. The Kier molecular flexibility index (Phi) is 5.13. The molecule has 0 saturated heterocycles. The zero-order valence-corrected chi connectivity index (χ0v) is 16.5. The van der Waals surface area contributed by atoms with Crippen LogP contribution in [0.1, 0.15) is 49.9 Å². The molecule has 26 heavy (non-hydrogen) atoms. The van der Waals surface area contributed by atoms with E-state index in [1.165, 1.54) is 39.0 Å². The molecule has 0 aliphatic heterocycles. The molecule has 0 N–H and O–H groups in total. The highest BCUT2D eigenvalue weighted by Gasteiger charge is 2.46. The molecule has 0 amide bonds. The molecule has 0 heterocycles. The van der Waals surface area contributed by atoms with E-state index in [0.717, 1.165) is 0 Å². The van der Waals surface area contributed by atoms with Crippen molar-refractivity contribution in [2.24, 2.45) is 0 Å². The van der Waals surface area contributed by atoms with Crippen LogP contribution in [0, 0.1) is 6.92 Å². The van der Waals surface area contributed by atoms with Crippen molar-refractivity contribution in [1.82, 2.24) is 0 Å². The second kappa shape index (κ2) is 7.33. The van der Waals surface area contributed by atoms with E-state index in [1.807, 2.05) is 0 Å². The van der Waals surface area contributed by atoms with Gasteiger partial charge in [-0.15, -0.1) is 0 Å². The van der Waals surface area contributed by atoms with E-state index in [-0.39, 0.29) is 5.41 Å². The molecule has 0 nitrogen and oxygen atoms in total. The second-order valence-corrected chi connectivity index (χ2v) is 6.95. The lowest BCUT2D eigenvalue weighted by Gasteiger charge is -2.36. The largest absolute Gasteiger partial charge is 0.0873 e. The molecule has 3 rings (SSSR count). The van der Waals surface area contributed by atoms with Crippen LogP contribution in [0.3, 0.4) is 0 Å². The van der Waals surface area contributed by atoms with Crippen molar-refractivity contribution in [2.75, 3.05) is 0 Å². The molecule has 2 aromatic rings. The monoisotopic (exact) mass is 340 g/mol. The van der Waals surface area contributed by atoms with E-state index in [9.17, 15) is 0 Å². The molecule has 2 aromatic carbocycles. The summed E-state index contributed by atoms with van der Waals surface area (Å²) in [6.07, 6.45) is 11.1. The lowest BCUT2D eigenvalue weighted by molar-refractivity contribution is 0.756. The minimum atomic E-state index is -0.263. The Labute approximate surface area is 158 Å². The molecule has 0 bridgehead atoms. The van der Waals surface area contributed by atoms with Gasteiger partial charge in [0.15, 0.2) is 0 Å². The topological polar surface area (TPSA) is 0 Å². The third-order valence-corrected chi connectivity index (χ3v) is 5.42. The van der Waals surface area contributed by atoms with Crippen LogP contribution in [-0.4, -0.2) is 0 Å². The summed E-state index contributed by atoms with van der Waals surface area (Å²) in [7, 11) is 0. The van der Waals surface area contributed by atoms with E-state index < -0.39 is 0 Å². The van der Waals surface area contributed by atoms with Crippen LogP contribution in [0.5, 0.6) is 0 Å². The van der Waals surface area contributed by atoms with Crippen LogP contribution in [0.4, 0.5) is 0 Å². The van der Waals surface area contributed by atoms with Gasteiger partial charge in [-0.1, -0.05) is 84.5 Å². The number of benzene rings is 2. The highest BCUT2D eigenvalue weighted by atomic mass is 14.5. The van der Waals surface area contributed by atoms with Gasteiger partial charge in [0.2, 0.25) is 0 Å². The van der Waals surface area contributed by atoms with Crippen molar-refractivity contribution in [3.63, 3.8) is 0 Å². The predicted molar refractivity (Wildman–Crippen MR) is 114 cm³/mol. The first-order valence-corrected chi connectivity index (χ1v) is 9.41. The Morgan fingerprint density at radius 3 is 2.23 bits per heavy atom. The van der Waals surface area contributed by atoms with Crippen LogP contribution >= 0.6 is 0 Å². The SMILES string of the molecule is C/C=C\C1=C(C)c2ccc(C)cc2C1(C(/C=C\C)=C/C)c1ccccc1. The first kappa shape index (κ1) is 18.2. The third kappa shape index (κ3) is 2.61. The van der Waals surface area contributed by atoms with Crippen LogP contribution in [0.2, 0.25) is 0 Å². The van der Waals surface area contributed by atoms with Crippen molar-refractivity contribution >= 4 is 5.57 Å². The summed E-state index contributed by atoms with van der Waals surface area (Å²) in [5.41, 5.74) is 9.17. The highest BCUT2D eigenvalue weighted by Crippen LogP contribution is 2.55. The second-order valence-electron chi connectivity index (χ2n) is 6.95. The standard InChI is InChI=1S/C26H28/c1-6-12-21(8-3)26(22-14-10-9-11-15-22)24(13-7-2)20(5)23-17-16-19(4)18-25(23)26/h6-18H,1-5H3/b12-6-,13-7-,21-8+. The molecule has 1 aliphatic rings. The highest BCUT2D eigenvalue weighted by molar-refractivity contribution is 5.87. The number of aryl methyl sites for hydroxylation is 1. The zero-order valence-electron chi connectivity index (χ0n) is 16.5. The summed E-state index contributed by atoms with van der Waals surface area (Å²) in [4.78, 5) is 0. The van der Waals surface area contributed by atoms with Gasteiger partial charge in [-0.05, 0) is 68.0 Å². The zero-order chi connectivity index (χ0) is 18.7. The summed E-state index contributed by atoms with van der Waals surface area (Å²) in [6, 6.07) is 17.8. The van der Waals surface area contributed by atoms with Gasteiger partial charge in [0.25, 0.3) is 0 Å². The van der Waals surface area contributed by atoms with Gasteiger partial charge in [0.05, 0.1) is 5.41 Å². The number of hydrogen-bond donors (Lipinski definition) is 0. The number of allylic oxidation sites excluding steroid dienone is 8. The molecule has 1 atom stereocenters. The molecule has 0 spiro atoms. The molecule has 1 aliphatic carbocycles. The minimum Gasteiger partial charge on any atom is -0.0873 e. The van der Waals surface area contributed by atoms with Gasteiger partial charge in [-0.3, -0.25) is 0 Å². The van der Waals surface area contributed by atoms with Crippen molar-refractivity contribution in [3.8, 4) is 0 Å². The first-order chi connectivity index (χ1) is 12.6. The minimum absolute atomic E-state index is 0.263. The number of fused-ring (bicyclic) bond motifs is 1. The fraction of sp³-hybridized carbons (Fsp3) is 0.231. The van der Waals surface area contributed by atoms with Gasteiger partial charge in [-0.25, -0.2) is 0 Å². The van der Waals surface area contributed by atoms with E-state index in [1.54, 1.807) is 0 Å². The van der Waals surface area contributed by atoms with Crippen molar-refractivity contribution < 1.29 is 0 Å². The molecular weight excluding hydrogens is 312 g/mol. The maximum atomic E-state index is 2.37. The Hall–Kier alpha value is -2.60. The van der Waals surface area contributed by atoms with E-state index in [0.29, 0.717) is 0 Å². The summed E-state index contributed by atoms with van der Waals surface area (Å²) in [5, 5.41) is 0. The maximum absolute atomic E-state index is 2.37.